The number of halogens is 1. The van der Waals surface area contributed by atoms with Crippen molar-refractivity contribution in [2.75, 3.05) is 12.4 Å². The van der Waals surface area contributed by atoms with Gasteiger partial charge in [-0.1, -0.05) is 30.3 Å². The molecule has 5 N–H and O–H groups in total. The van der Waals surface area contributed by atoms with E-state index in [0.717, 1.165) is 5.56 Å². The molecule has 0 aliphatic carbocycles. The lowest BCUT2D eigenvalue weighted by Crippen LogP contribution is -2.57. The zero-order chi connectivity index (χ0) is 26.1. The lowest BCUT2D eigenvalue weighted by molar-refractivity contribution is -0.141. The number of carbonyl (C=O) groups is 5. The molecule has 1 fully saturated rings. The number of rotatable bonds is 11. The average molecular weight is 508 g/mol. The SMILES string of the molecule is C[C@H](N)C(=O)N[C@H](C)C(=O)N[C@@H](C)C(=O)N1CCC[C@H]1C(=O)NC(Cc1ccccc1)C(=O)CCl. The van der Waals surface area contributed by atoms with Crippen molar-refractivity contribution in [1.29, 1.82) is 0 Å². The van der Waals surface area contributed by atoms with Crippen LogP contribution < -0.4 is 21.7 Å². The van der Waals surface area contributed by atoms with Crippen LogP contribution in [-0.4, -0.2) is 76.9 Å². The van der Waals surface area contributed by atoms with Crippen molar-refractivity contribution < 1.29 is 24.0 Å². The third-order valence-electron chi connectivity index (χ3n) is 5.85. The molecule has 1 heterocycles. The van der Waals surface area contributed by atoms with Crippen LogP contribution in [-0.2, 0) is 30.4 Å². The minimum absolute atomic E-state index is 0.244. The van der Waals surface area contributed by atoms with E-state index in [1.54, 1.807) is 0 Å². The molecule has 1 saturated heterocycles. The number of nitrogens with one attached hydrogen (secondary N) is 3. The highest BCUT2D eigenvalue weighted by atomic mass is 35.5. The smallest absolute Gasteiger partial charge is 0.245 e. The molecule has 1 aliphatic heterocycles. The molecule has 0 aromatic heterocycles. The molecule has 10 nitrogen and oxygen atoms in total. The molecule has 4 amide bonds. The molecule has 1 aromatic carbocycles. The van der Waals surface area contributed by atoms with Gasteiger partial charge in [-0.25, -0.2) is 0 Å². The molecule has 0 radical (unpaired) electrons. The monoisotopic (exact) mass is 507 g/mol. The Balaban J connectivity index is 2.01. The highest BCUT2D eigenvalue weighted by Gasteiger charge is 2.38. The minimum atomic E-state index is -0.921. The molecule has 0 bridgehead atoms. The van der Waals surface area contributed by atoms with Crippen molar-refractivity contribution in [3.8, 4) is 0 Å². The number of nitrogens with zero attached hydrogens (tertiary/aromatic N) is 1. The zero-order valence-electron chi connectivity index (χ0n) is 20.3. The van der Waals surface area contributed by atoms with E-state index >= 15 is 0 Å². The van der Waals surface area contributed by atoms with E-state index in [-0.39, 0.29) is 18.1 Å². The van der Waals surface area contributed by atoms with Crippen LogP contribution in [0.25, 0.3) is 0 Å². The molecule has 2 rings (SSSR count). The van der Waals surface area contributed by atoms with Crippen molar-refractivity contribution >= 4 is 41.0 Å². The van der Waals surface area contributed by atoms with Crippen LogP contribution in [0.3, 0.4) is 0 Å². The molecule has 0 saturated carbocycles. The summed E-state index contributed by atoms with van der Waals surface area (Å²) in [5.74, 6) is -2.46. The molecule has 192 valence electrons. The molecule has 1 aliphatic rings. The minimum Gasteiger partial charge on any atom is -0.344 e. The van der Waals surface area contributed by atoms with Crippen molar-refractivity contribution in [2.24, 2.45) is 5.73 Å². The highest BCUT2D eigenvalue weighted by Crippen LogP contribution is 2.19. The van der Waals surface area contributed by atoms with E-state index in [0.29, 0.717) is 19.4 Å². The summed E-state index contributed by atoms with van der Waals surface area (Å²) in [5.41, 5.74) is 6.37. The first kappa shape index (κ1) is 28.3. The molecule has 1 unspecified atom stereocenters. The first-order valence-electron chi connectivity index (χ1n) is 11.6. The van der Waals surface area contributed by atoms with Crippen molar-refractivity contribution in [3.63, 3.8) is 0 Å². The van der Waals surface area contributed by atoms with Gasteiger partial charge in [-0.3, -0.25) is 24.0 Å². The van der Waals surface area contributed by atoms with E-state index < -0.39 is 53.8 Å². The maximum Gasteiger partial charge on any atom is 0.245 e. The summed E-state index contributed by atoms with van der Waals surface area (Å²) in [6, 6.07) is 5.09. The number of Topliss-reactive ketones (excluding diaryl/α,β-unsaturated/α-hetero) is 1. The largest absolute Gasteiger partial charge is 0.344 e. The van der Waals surface area contributed by atoms with Gasteiger partial charge in [0.2, 0.25) is 23.6 Å². The van der Waals surface area contributed by atoms with Crippen molar-refractivity contribution in [2.45, 2.75) is 70.2 Å². The van der Waals surface area contributed by atoms with Gasteiger partial charge in [-0.2, -0.15) is 0 Å². The van der Waals surface area contributed by atoms with Gasteiger partial charge in [-0.05, 0) is 45.6 Å². The predicted octanol–water partition coefficient (Wildman–Crippen LogP) is -0.131. The molecule has 5 atom stereocenters. The van der Waals surface area contributed by atoms with Crippen LogP contribution in [0.1, 0.15) is 39.2 Å². The Hall–Kier alpha value is -2.98. The highest BCUT2D eigenvalue weighted by molar-refractivity contribution is 6.28. The normalized spacial score (nSPS) is 18.7. The topological polar surface area (TPSA) is 151 Å². The Bertz CT molecular complexity index is 926. The maximum absolute atomic E-state index is 13.1. The summed E-state index contributed by atoms with van der Waals surface area (Å²) in [4.78, 5) is 64.0. The summed E-state index contributed by atoms with van der Waals surface area (Å²) >= 11 is 5.76. The third-order valence-corrected chi connectivity index (χ3v) is 6.12. The second kappa shape index (κ2) is 13.2. The van der Waals surface area contributed by atoms with E-state index in [1.165, 1.54) is 25.7 Å². The van der Waals surface area contributed by atoms with Crippen LogP contribution in [0.2, 0.25) is 0 Å². The van der Waals surface area contributed by atoms with Gasteiger partial charge in [-0.15, -0.1) is 11.6 Å². The molecular formula is C24H34ClN5O5. The first-order chi connectivity index (χ1) is 16.5. The van der Waals surface area contributed by atoms with Crippen LogP contribution in [0.15, 0.2) is 30.3 Å². The van der Waals surface area contributed by atoms with Crippen LogP contribution >= 0.6 is 11.6 Å². The Morgan fingerprint density at radius 3 is 2.23 bits per heavy atom. The first-order valence-corrected chi connectivity index (χ1v) is 12.2. The van der Waals surface area contributed by atoms with Crippen LogP contribution in [0.5, 0.6) is 0 Å². The summed E-state index contributed by atoms with van der Waals surface area (Å²) in [5, 5.41) is 7.80. The van der Waals surface area contributed by atoms with Gasteiger partial charge < -0.3 is 26.6 Å². The number of likely N-dealkylation sites (tertiary alicyclic amines) is 1. The fourth-order valence-corrected chi connectivity index (χ4v) is 4.00. The van der Waals surface area contributed by atoms with E-state index in [4.69, 9.17) is 17.3 Å². The Labute approximate surface area is 210 Å². The number of ketones is 1. The molecule has 35 heavy (non-hydrogen) atoms. The van der Waals surface area contributed by atoms with E-state index in [2.05, 4.69) is 16.0 Å². The van der Waals surface area contributed by atoms with Gasteiger partial charge in [0.25, 0.3) is 0 Å². The number of carbonyl (C=O) groups excluding carboxylic acids is 5. The summed E-state index contributed by atoms with van der Waals surface area (Å²) in [6.07, 6.45) is 1.33. The van der Waals surface area contributed by atoms with Crippen molar-refractivity contribution in [3.05, 3.63) is 35.9 Å². The molecule has 11 heteroatoms. The zero-order valence-corrected chi connectivity index (χ0v) is 21.0. The van der Waals surface area contributed by atoms with Gasteiger partial charge in [0.1, 0.15) is 18.1 Å². The molecular weight excluding hydrogens is 474 g/mol. The maximum atomic E-state index is 13.1. The quantitative estimate of drug-likeness (QED) is 0.306. The lowest BCUT2D eigenvalue weighted by atomic mass is 10.0. The second-order valence-corrected chi connectivity index (χ2v) is 9.06. The van der Waals surface area contributed by atoms with Gasteiger partial charge >= 0.3 is 0 Å². The number of nitrogens with two attached hydrogens (primary N) is 1. The van der Waals surface area contributed by atoms with Crippen molar-refractivity contribution in [1.82, 2.24) is 20.9 Å². The molecule has 1 aromatic rings. The number of amides is 4. The summed E-state index contributed by atoms with van der Waals surface area (Å²) in [6.45, 7) is 4.85. The molecule has 0 spiro atoms. The van der Waals surface area contributed by atoms with Gasteiger partial charge in [0.15, 0.2) is 5.78 Å². The second-order valence-electron chi connectivity index (χ2n) is 8.79. The Morgan fingerprint density at radius 1 is 1.00 bits per heavy atom. The summed E-state index contributed by atoms with van der Waals surface area (Å²) in [7, 11) is 0. The number of alkyl halides is 1. The van der Waals surface area contributed by atoms with E-state index in [9.17, 15) is 24.0 Å². The van der Waals surface area contributed by atoms with Gasteiger partial charge in [0, 0.05) is 6.54 Å². The Morgan fingerprint density at radius 2 is 1.63 bits per heavy atom. The summed E-state index contributed by atoms with van der Waals surface area (Å²) < 4.78 is 0. The fraction of sp³-hybridized carbons (Fsp3) is 0.542. The van der Waals surface area contributed by atoms with Crippen LogP contribution in [0.4, 0.5) is 0 Å². The number of hydrogen-bond donors (Lipinski definition) is 4. The standard InChI is InChI=1S/C24H34ClN5O5/c1-14(26)21(32)27-15(2)22(33)28-16(3)24(35)30-11-7-10-19(30)23(34)29-18(20(31)13-25)12-17-8-5-4-6-9-17/h4-6,8-9,14-16,18-19H,7,10-13,26H2,1-3H3,(H,27,32)(H,28,33)(H,29,34)/t14-,15+,16-,18?,19-/m0/s1. The number of benzene rings is 1. The van der Waals surface area contributed by atoms with E-state index in [1.807, 2.05) is 30.3 Å². The van der Waals surface area contributed by atoms with Crippen LogP contribution in [0, 0.1) is 0 Å². The average Bonchev–Trinajstić information content (AvgIpc) is 3.33. The third kappa shape index (κ3) is 8.03. The number of hydrogen-bond acceptors (Lipinski definition) is 6. The predicted molar refractivity (Wildman–Crippen MR) is 131 cm³/mol. The fourth-order valence-electron chi connectivity index (χ4n) is 3.82. The van der Waals surface area contributed by atoms with Gasteiger partial charge in [0.05, 0.1) is 18.0 Å². The lowest BCUT2D eigenvalue weighted by Gasteiger charge is -2.29. The Kier molecular flexibility index (Phi) is 10.7.